The van der Waals surface area contributed by atoms with Gasteiger partial charge in [0.25, 0.3) is 5.91 Å². The van der Waals surface area contributed by atoms with Crippen molar-refractivity contribution in [3.05, 3.63) is 42.2 Å². The number of nitrogens with one attached hydrogen (secondary N) is 1. The average Bonchev–Trinajstić information content (AvgIpc) is 3.08. The Hall–Kier alpha value is -1.97. The first kappa shape index (κ1) is 21.3. The van der Waals surface area contributed by atoms with Gasteiger partial charge in [-0.25, -0.2) is 0 Å². The van der Waals surface area contributed by atoms with Gasteiger partial charge in [0.05, 0.1) is 19.3 Å². The standard InChI is InChI=1S/C23H35NO3/c1-3-4-5-6-7-8-9-10-11-17-27-21-14-12-20(13-15-21)23(25)24-22-16-18-26-19(22)2/h12-15,22H,2-11,16-18H2,1H3,(H,24,25). The Morgan fingerprint density at radius 1 is 1.07 bits per heavy atom. The summed E-state index contributed by atoms with van der Waals surface area (Å²) in [6.07, 6.45) is 12.5. The Labute approximate surface area is 164 Å². The van der Waals surface area contributed by atoms with Crippen molar-refractivity contribution in [1.82, 2.24) is 5.32 Å². The van der Waals surface area contributed by atoms with Crippen LogP contribution in [0.3, 0.4) is 0 Å². The largest absolute Gasteiger partial charge is 0.496 e. The predicted molar refractivity (Wildman–Crippen MR) is 110 cm³/mol. The van der Waals surface area contributed by atoms with Crippen LogP contribution in [0.25, 0.3) is 0 Å². The van der Waals surface area contributed by atoms with E-state index in [1.165, 1.54) is 51.4 Å². The van der Waals surface area contributed by atoms with Gasteiger partial charge < -0.3 is 14.8 Å². The first-order valence-corrected chi connectivity index (χ1v) is 10.6. The maximum Gasteiger partial charge on any atom is 0.251 e. The second-order valence-electron chi connectivity index (χ2n) is 7.33. The fraction of sp³-hybridized carbons (Fsp3) is 0.609. The van der Waals surface area contributed by atoms with Crippen molar-refractivity contribution in [2.75, 3.05) is 13.2 Å². The maximum atomic E-state index is 12.3. The second-order valence-corrected chi connectivity index (χ2v) is 7.33. The lowest BCUT2D eigenvalue weighted by atomic mass is 10.1. The van der Waals surface area contributed by atoms with E-state index in [1.54, 1.807) is 12.1 Å². The van der Waals surface area contributed by atoms with E-state index in [4.69, 9.17) is 9.47 Å². The zero-order chi connectivity index (χ0) is 19.3. The lowest BCUT2D eigenvalue weighted by molar-refractivity contribution is 0.0941. The van der Waals surface area contributed by atoms with Crippen LogP contribution >= 0.6 is 0 Å². The van der Waals surface area contributed by atoms with Crippen molar-refractivity contribution in [2.45, 2.75) is 77.2 Å². The summed E-state index contributed by atoms with van der Waals surface area (Å²) in [5.74, 6) is 1.36. The van der Waals surface area contributed by atoms with Crippen molar-refractivity contribution in [1.29, 1.82) is 0 Å². The minimum absolute atomic E-state index is 0.0833. The van der Waals surface area contributed by atoms with Gasteiger partial charge in [0.1, 0.15) is 11.5 Å². The van der Waals surface area contributed by atoms with Gasteiger partial charge in [-0.3, -0.25) is 4.79 Å². The zero-order valence-corrected chi connectivity index (χ0v) is 16.8. The van der Waals surface area contributed by atoms with Crippen LogP contribution in [0.2, 0.25) is 0 Å². The lowest BCUT2D eigenvalue weighted by Crippen LogP contribution is -2.33. The molecule has 0 radical (unpaired) electrons. The number of ether oxygens (including phenoxy) is 2. The topological polar surface area (TPSA) is 47.6 Å². The SMILES string of the molecule is C=C1OCCC1NC(=O)c1ccc(OCCCCCCCCCCC)cc1. The van der Waals surface area contributed by atoms with Gasteiger partial charge in [0.2, 0.25) is 0 Å². The smallest absolute Gasteiger partial charge is 0.251 e. The molecule has 0 spiro atoms. The monoisotopic (exact) mass is 373 g/mol. The van der Waals surface area contributed by atoms with Crippen LogP contribution in [0.1, 0.15) is 81.5 Å². The highest BCUT2D eigenvalue weighted by atomic mass is 16.5. The van der Waals surface area contributed by atoms with Crippen molar-refractivity contribution < 1.29 is 14.3 Å². The molecule has 0 aromatic heterocycles. The molecule has 1 N–H and O–H groups in total. The summed E-state index contributed by atoms with van der Waals surface area (Å²) in [6, 6.07) is 7.25. The fourth-order valence-corrected chi connectivity index (χ4v) is 3.27. The minimum Gasteiger partial charge on any atom is -0.496 e. The third-order valence-corrected chi connectivity index (χ3v) is 5.02. The van der Waals surface area contributed by atoms with E-state index in [0.717, 1.165) is 25.2 Å². The Kier molecular flexibility index (Phi) is 9.81. The molecule has 0 saturated carbocycles. The summed E-state index contributed by atoms with van der Waals surface area (Å²) in [4.78, 5) is 12.3. The predicted octanol–water partition coefficient (Wildman–Crippen LogP) is 5.63. The summed E-state index contributed by atoms with van der Waals surface area (Å²) in [7, 11) is 0. The van der Waals surface area contributed by atoms with Crippen LogP contribution in [0.4, 0.5) is 0 Å². The van der Waals surface area contributed by atoms with Gasteiger partial charge in [0, 0.05) is 12.0 Å². The van der Waals surface area contributed by atoms with Crippen LogP contribution in [0, 0.1) is 0 Å². The molecule has 1 heterocycles. The molecule has 1 amide bonds. The number of benzene rings is 1. The van der Waals surface area contributed by atoms with E-state index < -0.39 is 0 Å². The third-order valence-electron chi connectivity index (χ3n) is 5.02. The van der Waals surface area contributed by atoms with E-state index in [-0.39, 0.29) is 11.9 Å². The summed E-state index contributed by atoms with van der Waals surface area (Å²) >= 11 is 0. The van der Waals surface area contributed by atoms with Crippen LogP contribution in [0.5, 0.6) is 5.75 Å². The van der Waals surface area contributed by atoms with Crippen molar-refractivity contribution in [3.8, 4) is 5.75 Å². The second kappa shape index (κ2) is 12.4. The molecule has 1 aliphatic heterocycles. The minimum atomic E-state index is -0.0999. The van der Waals surface area contributed by atoms with Crippen molar-refractivity contribution in [2.24, 2.45) is 0 Å². The molecular weight excluding hydrogens is 338 g/mol. The highest BCUT2D eigenvalue weighted by Gasteiger charge is 2.22. The Balaban J connectivity index is 1.56. The van der Waals surface area contributed by atoms with Crippen LogP contribution < -0.4 is 10.1 Å². The molecular formula is C23H35NO3. The van der Waals surface area contributed by atoms with Crippen molar-refractivity contribution >= 4 is 5.91 Å². The molecule has 1 aliphatic rings. The van der Waals surface area contributed by atoms with Gasteiger partial charge in [0.15, 0.2) is 0 Å². The fourth-order valence-electron chi connectivity index (χ4n) is 3.27. The van der Waals surface area contributed by atoms with E-state index in [9.17, 15) is 4.79 Å². The molecule has 1 aromatic carbocycles. The average molecular weight is 374 g/mol. The van der Waals surface area contributed by atoms with Crippen LogP contribution in [-0.2, 0) is 4.74 Å². The maximum absolute atomic E-state index is 12.3. The molecule has 150 valence electrons. The number of unbranched alkanes of at least 4 members (excludes halogenated alkanes) is 8. The molecule has 1 atom stereocenters. The normalized spacial score (nSPS) is 16.2. The molecule has 1 fully saturated rings. The van der Waals surface area contributed by atoms with E-state index in [2.05, 4.69) is 18.8 Å². The van der Waals surface area contributed by atoms with Gasteiger partial charge >= 0.3 is 0 Å². The van der Waals surface area contributed by atoms with Crippen LogP contribution in [0.15, 0.2) is 36.6 Å². The number of carbonyl (C=O) groups is 1. The number of amides is 1. The quantitative estimate of drug-likeness (QED) is 0.456. The highest BCUT2D eigenvalue weighted by molar-refractivity contribution is 5.94. The molecule has 4 heteroatoms. The third kappa shape index (κ3) is 8.06. The molecule has 1 aromatic rings. The Morgan fingerprint density at radius 3 is 2.30 bits per heavy atom. The lowest BCUT2D eigenvalue weighted by Gasteiger charge is -2.12. The van der Waals surface area contributed by atoms with E-state index in [1.807, 2.05) is 12.1 Å². The molecule has 27 heavy (non-hydrogen) atoms. The number of carbonyl (C=O) groups excluding carboxylic acids is 1. The molecule has 1 saturated heterocycles. The number of rotatable bonds is 13. The molecule has 2 rings (SSSR count). The van der Waals surface area contributed by atoms with Gasteiger partial charge in [-0.15, -0.1) is 0 Å². The molecule has 4 nitrogen and oxygen atoms in total. The van der Waals surface area contributed by atoms with E-state index in [0.29, 0.717) is 17.9 Å². The highest BCUT2D eigenvalue weighted by Crippen LogP contribution is 2.17. The summed E-state index contributed by atoms with van der Waals surface area (Å²) in [5.41, 5.74) is 0.630. The molecule has 1 unspecified atom stereocenters. The first-order valence-electron chi connectivity index (χ1n) is 10.6. The number of hydrogen-bond donors (Lipinski definition) is 1. The van der Waals surface area contributed by atoms with E-state index >= 15 is 0 Å². The summed E-state index contributed by atoms with van der Waals surface area (Å²) in [5, 5.41) is 2.95. The molecule has 0 aliphatic carbocycles. The summed E-state index contributed by atoms with van der Waals surface area (Å²) in [6.45, 7) is 7.43. The molecule has 0 bridgehead atoms. The van der Waals surface area contributed by atoms with Gasteiger partial charge in [-0.1, -0.05) is 64.9 Å². The van der Waals surface area contributed by atoms with Gasteiger partial charge in [-0.2, -0.15) is 0 Å². The van der Waals surface area contributed by atoms with Crippen LogP contribution in [-0.4, -0.2) is 25.2 Å². The van der Waals surface area contributed by atoms with Crippen molar-refractivity contribution in [3.63, 3.8) is 0 Å². The zero-order valence-electron chi connectivity index (χ0n) is 16.8. The van der Waals surface area contributed by atoms with Gasteiger partial charge in [-0.05, 0) is 30.7 Å². The Bertz CT molecular complexity index is 567. The number of hydrogen-bond acceptors (Lipinski definition) is 3. The summed E-state index contributed by atoms with van der Waals surface area (Å²) < 4.78 is 11.1. The Morgan fingerprint density at radius 2 is 1.70 bits per heavy atom. The first-order chi connectivity index (χ1) is 13.2.